The Morgan fingerprint density at radius 3 is 2.82 bits per heavy atom. The Morgan fingerprint density at radius 1 is 1.32 bits per heavy atom. The van der Waals surface area contributed by atoms with Gasteiger partial charge in [0.15, 0.2) is 0 Å². The Balaban J connectivity index is 1.91. The number of allylic oxidation sites excluding steroid dienone is 1. The van der Waals surface area contributed by atoms with E-state index in [-0.39, 0.29) is 11.9 Å². The molecule has 1 aromatic heterocycles. The molecule has 1 amide bonds. The highest BCUT2D eigenvalue weighted by atomic mass is 16.1. The molecule has 2 N–H and O–H groups in total. The van der Waals surface area contributed by atoms with Gasteiger partial charge in [0, 0.05) is 18.3 Å². The van der Waals surface area contributed by atoms with E-state index < -0.39 is 0 Å². The van der Waals surface area contributed by atoms with Gasteiger partial charge in [0.05, 0.1) is 0 Å². The summed E-state index contributed by atoms with van der Waals surface area (Å²) < 4.78 is 0. The molecule has 1 heterocycles. The lowest BCUT2D eigenvalue weighted by molar-refractivity contribution is 0.0949. The molecule has 1 aliphatic rings. The molecule has 5 heteroatoms. The number of amides is 1. The summed E-state index contributed by atoms with van der Waals surface area (Å²) in [6.45, 7) is 6.57. The molecule has 22 heavy (non-hydrogen) atoms. The van der Waals surface area contributed by atoms with Crippen LogP contribution in [-0.2, 0) is 0 Å². The van der Waals surface area contributed by atoms with E-state index in [1.54, 1.807) is 6.07 Å². The molecule has 2 rings (SSSR count). The smallest absolute Gasteiger partial charge is 0.270 e. The van der Waals surface area contributed by atoms with Crippen LogP contribution < -0.4 is 10.6 Å². The highest BCUT2D eigenvalue weighted by Crippen LogP contribution is 2.19. The first-order valence-corrected chi connectivity index (χ1v) is 8.13. The normalized spacial score (nSPS) is 14.6. The molecule has 1 aliphatic carbocycles. The second-order valence-electron chi connectivity index (χ2n) is 6.13. The van der Waals surface area contributed by atoms with Crippen molar-refractivity contribution in [2.24, 2.45) is 0 Å². The van der Waals surface area contributed by atoms with Gasteiger partial charge in [-0.2, -0.15) is 0 Å². The molecule has 0 fully saturated rings. The highest BCUT2D eigenvalue weighted by molar-refractivity contribution is 5.92. The fraction of sp³-hybridized carbons (Fsp3) is 0.588. The van der Waals surface area contributed by atoms with E-state index in [1.165, 1.54) is 31.3 Å². The van der Waals surface area contributed by atoms with Crippen molar-refractivity contribution in [3.63, 3.8) is 0 Å². The van der Waals surface area contributed by atoms with E-state index in [2.05, 4.69) is 26.7 Å². The molecule has 0 radical (unpaired) electrons. The summed E-state index contributed by atoms with van der Waals surface area (Å²) in [5.74, 6) is 0.379. The predicted molar refractivity (Wildman–Crippen MR) is 89.0 cm³/mol. The number of nitrogens with zero attached hydrogens (tertiary/aromatic N) is 2. The number of hydrogen-bond acceptors (Lipinski definition) is 4. The maximum Gasteiger partial charge on any atom is 0.270 e. The minimum absolute atomic E-state index is 0.131. The lowest BCUT2D eigenvalue weighted by Gasteiger charge is -2.13. The quantitative estimate of drug-likeness (QED) is 0.792. The maximum atomic E-state index is 12.2. The van der Waals surface area contributed by atoms with Gasteiger partial charge in [0.2, 0.25) is 5.95 Å². The van der Waals surface area contributed by atoms with Gasteiger partial charge < -0.3 is 10.6 Å². The molecule has 0 atom stereocenters. The summed E-state index contributed by atoms with van der Waals surface area (Å²) in [6, 6.07) is 1.96. The van der Waals surface area contributed by atoms with Gasteiger partial charge in [-0.25, -0.2) is 9.97 Å². The highest BCUT2D eigenvalue weighted by Gasteiger charge is 2.11. The average molecular weight is 302 g/mol. The number of rotatable bonds is 6. The standard InChI is InChI=1S/C17H26N4O/c1-12(2)19-17-20-13(3)11-15(21-17)16(22)18-10-9-14-7-5-4-6-8-14/h7,11-12H,4-6,8-10H2,1-3H3,(H,18,22)(H,19,20,21). The van der Waals surface area contributed by atoms with Crippen LogP contribution in [0.4, 0.5) is 5.95 Å². The Hall–Kier alpha value is -1.91. The summed E-state index contributed by atoms with van der Waals surface area (Å²) >= 11 is 0. The fourth-order valence-electron chi connectivity index (χ4n) is 2.57. The summed E-state index contributed by atoms with van der Waals surface area (Å²) in [4.78, 5) is 20.8. The van der Waals surface area contributed by atoms with Crippen LogP contribution in [0.1, 0.15) is 62.1 Å². The number of aromatic nitrogens is 2. The van der Waals surface area contributed by atoms with Gasteiger partial charge >= 0.3 is 0 Å². The fourth-order valence-corrected chi connectivity index (χ4v) is 2.57. The topological polar surface area (TPSA) is 66.9 Å². The average Bonchev–Trinajstić information content (AvgIpc) is 2.47. The van der Waals surface area contributed by atoms with Crippen LogP contribution in [0.15, 0.2) is 17.7 Å². The minimum Gasteiger partial charge on any atom is -0.352 e. The maximum absolute atomic E-state index is 12.2. The summed E-state index contributed by atoms with van der Waals surface area (Å²) in [6.07, 6.45) is 8.17. The van der Waals surface area contributed by atoms with Crippen LogP contribution in [0.2, 0.25) is 0 Å². The molecule has 0 unspecified atom stereocenters. The molecular formula is C17H26N4O. The van der Waals surface area contributed by atoms with Gasteiger partial charge in [0.25, 0.3) is 5.91 Å². The third-order valence-electron chi connectivity index (χ3n) is 3.62. The monoisotopic (exact) mass is 302 g/mol. The van der Waals surface area contributed by atoms with E-state index in [9.17, 15) is 4.79 Å². The van der Waals surface area contributed by atoms with Crippen molar-refractivity contribution >= 4 is 11.9 Å². The Kier molecular flexibility index (Phi) is 5.92. The lowest BCUT2D eigenvalue weighted by atomic mass is 9.97. The lowest BCUT2D eigenvalue weighted by Crippen LogP contribution is -2.26. The zero-order valence-electron chi connectivity index (χ0n) is 13.8. The van der Waals surface area contributed by atoms with Crippen molar-refractivity contribution in [2.45, 2.75) is 58.9 Å². The van der Waals surface area contributed by atoms with Crippen molar-refractivity contribution < 1.29 is 4.79 Å². The largest absolute Gasteiger partial charge is 0.352 e. The van der Waals surface area contributed by atoms with Gasteiger partial charge in [-0.15, -0.1) is 0 Å². The predicted octanol–water partition coefficient (Wildman–Crippen LogP) is 3.23. The van der Waals surface area contributed by atoms with Crippen LogP contribution >= 0.6 is 0 Å². The van der Waals surface area contributed by atoms with Crippen LogP contribution in [0.25, 0.3) is 0 Å². The molecule has 0 saturated carbocycles. The molecule has 0 saturated heterocycles. The molecule has 120 valence electrons. The minimum atomic E-state index is -0.131. The first kappa shape index (κ1) is 16.5. The van der Waals surface area contributed by atoms with E-state index >= 15 is 0 Å². The Bertz CT molecular complexity index is 552. The van der Waals surface area contributed by atoms with Crippen LogP contribution in [-0.4, -0.2) is 28.5 Å². The summed E-state index contributed by atoms with van der Waals surface area (Å²) in [7, 11) is 0. The second-order valence-corrected chi connectivity index (χ2v) is 6.13. The molecule has 1 aromatic rings. The van der Waals surface area contributed by atoms with E-state index in [0.29, 0.717) is 18.2 Å². The summed E-state index contributed by atoms with van der Waals surface area (Å²) in [5.41, 5.74) is 2.68. The van der Waals surface area contributed by atoms with Crippen molar-refractivity contribution in [3.05, 3.63) is 29.1 Å². The van der Waals surface area contributed by atoms with Crippen LogP contribution in [0, 0.1) is 6.92 Å². The first-order valence-electron chi connectivity index (χ1n) is 8.13. The SMILES string of the molecule is Cc1cc(C(=O)NCCC2=CCCCC2)nc(NC(C)C)n1. The zero-order chi connectivity index (χ0) is 15.9. The second kappa shape index (κ2) is 7.92. The molecule has 5 nitrogen and oxygen atoms in total. The van der Waals surface area contributed by atoms with Crippen molar-refractivity contribution in [1.29, 1.82) is 0 Å². The van der Waals surface area contributed by atoms with E-state index in [4.69, 9.17) is 0 Å². The van der Waals surface area contributed by atoms with E-state index in [0.717, 1.165) is 12.1 Å². The molecule has 0 spiro atoms. The number of hydrogen-bond donors (Lipinski definition) is 2. The molecule has 0 bridgehead atoms. The van der Waals surface area contributed by atoms with Crippen LogP contribution in [0.5, 0.6) is 0 Å². The molecule has 0 aliphatic heterocycles. The Morgan fingerprint density at radius 2 is 2.14 bits per heavy atom. The zero-order valence-corrected chi connectivity index (χ0v) is 13.8. The van der Waals surface area contributed by atoms with Crippen molar-refractivity contribution in [3.8, 4) is 0 Å². The number of nitrogens with one attached hydrogen (secondary N) is 2. The van der Waals surface area contributed by atoms with E-state index in [1.807, 2.05) is 20.8 Å². The molecular weight excluding hydrogens is 276 g/mol. The molecule has 0 aromatic carbocycles. The third kappa shape index (κ3) is 5.13. The number of aryl methyl sites for hydroxylation is 1. The Labute approximate surface area is 132 Å². The van der Waals surface area contributed by atoms with Gasteiger partial charge in [0.1, 0.15) is 5.69 Å². The third-order valence-corrected chi connectivity index (χ3v) is 3.62. The number of anilines is 1. The summed E-state index contributed by atoms with van der Waals surface area (Å²) in [5, 5.41) is 6.09. The number of carbonyl (C=O) groups is 1. The number of carbonyl (C=O) groups excluding carboxylic acids is 1. The van der Waals surface area contributed by atoms with Crippen molar-refractivity contribution in [1.82, 2.24) is 15.3 Å². The van der Waals surface area contributed by atoms with Crippen molar-refractivity contribution in [2.75, 3.05) is 11.9 Å². The van der Waals surface area contributed by atoms with Gasteiger partial charge in [-0.05, 0) is 58.9 Å². The first-order chi connectivity index (χ1) is 10.5. The van der Waals surface area contributed by atoms with Crippen LogP contribution in [0.3, 0.4) is 0 Å². The van der Waals surface area contributed by atoms with Gasteiger partial charge in [-0.3, -0.25) is 4.79 Å². The van der Waals surface area contributed by atoms with Gasteiger partial charge in [-0.1, -0.05) is 11.6 Å².